The van der Waals surface area contributed by atoms with Crippen LogP contribution in [-0.2, 0) is 12.7 Å². The molecule has 146 valence electrons. The van der Waals surface area contributed by atoms with Crippen molar-refractivity contribution in [3.63, 3.8) is 0 Å². The average Bonchev–Trinajstić information content (AvgIpc) is 3.17. The highest BCUT2D eigenvalue weighted by atomic mass is 35.5. The highest BCUT2D eigenvalue weighted by Gasteiger charge is 2.32. The second-order valence-electron chi connectivity index (χ2n) is 6.43. The maximum atomic E-state index is 14.5. The lowest BCUT2D eigenvalue weighted by Crippen LogP contribution is -2.07. The van der Waals surface area contributed by atoms with Crippen LogP contribution in [0.5, 0.6) is 0 Å². The number of rotatable bonds is 4. The number of alkyl halides is 3. The van der Waals surface area contributed by atoms with Crippen LogP contribution in [-0.4, -0.2) is 14.5 Å². The van der Waals surface area contributed by atoms with Gasteiger partial charge in [-0.2, -0.15) is 13.2 Å². The number of halogens is 5. The first-order valence-electron chi connectivity index (χ1n) is 8.58. The molecule has 0 atom stereocenters. The molecule has 2 heterocycles. The SMILES string of the molecule is CCCn1c(Nc2c[nH]c3ccc(Cl)cc23)nc2cc(C(F)(F)F)cc(F)c21. The van der Waals surface area contributed by atoms with E-state index in [0.29, 0.717) is 29.7 Å². The van der Waals surface area contributed by atoms with Crippen molar-refractivity contribution in [2.45, 2.75) is 26.1 Å². The summed E-state index contributed by atoms with van der Waals surface area (Å²) in [6, 6.07) is 6.68. The molecule has 0 saturated heterocycles. The third-order valence-corrected chi connectivity index (χ3v) is 4.70. The lowest BCUT2D eigenvalue weighted by Gasteiger charge is -2.10. The summed E-state index contributed by atoms with van der Waals surface area (Å²) in [6.45, 7) is 2.29. The number of anilines is 2. The van der Waals surface area contributed by atoms with Crippen LogP contribution in [0.1, 0.15) is 18.9 Å². The average molecular weight is 411 g/mol. The van der Waals surface area contributed by atoms with Crippen LogP contribution in [0, 0.1) is 5.82 Å². The first-order chi connectivity index (χ1) is 13.3. The van der Waals surface area contributed by atoms with E-state index in [2.05, 4.69) is 15.3 Å². The van der Waals surface area contributed by atoms with Crippen molar-refractivity contribution in [1.29, 1.82) is 0 Å². The minimum Gasteiger partial charge on any atom is -0.359 e. The molecule has 4 nitrogen and oxygen atoms in total. The van der Waals surface area contributed by atoms with Gasteiger partial charge in [-0.15, -0.1) is 0 Å². The molecule has 2 aromatic carbocycles. The fourth-order valence-electron chi connectivity index (χ4n) is 3.23. The number of nitrogens with one attached hydrogen (secondary N) is 2. The van der Waals surface area contributed by atoms with Crippen LogP contribution in [0.25, 0.3) is 21.9 Å². The van der Waals surface area contributed by atoms with Crippen LogP contribution < -0.4 is 5.32 Å². The summed E-state index contributed by atoms with van der Waals surface area (Å²) < 4.78 is 55.2. The van der Waals surface area contributed by atoms with E-state index in [9.17, 15) is 17.6 Å². The van der Waals surface area contributed by atoms with E-state index in [1.165, 1.54) is 0 Å². The van der Waals surface area contributed by atoms with Gasteiger partial charge < -0.3 is 14.9 Å². The zero-order valence-corrected chi connectivity index (χ0v) is 15.4. The smallest absolute Gasteiger partial charge is 0.359 e. The molecule has 0 saturated carbocycles. The lowest BCUT2D eigenvalue weighted by atomic mass is 10.2. The van der Waals surface area contributed by atoms with Gasteiger partial charge in [0.1, 0.15) is 11.3 Å². The van der Waals surface area contributed by atoms with Gasteiger partial charge in [-0.25, -0.2) is 9.37 Å². The third-order valence-electron chi connectivity index (χ3n) is 4.46. The van der Waals surface area contributed by atoms with Gasteiger partial charge >= 0.3 is 6.18 Å². The van der Waals surface area contributed by atoms with E-state index in [-0.39, 0.29) is 17.0 Å². The molecule has 2 N–H and O–H groups in total. The number of benzene rings is 2. The second kappa shape index (κ2) is 6.70. The number of aromatic amines is 1. The summed E-state index contributed by atoms with van der Waals surface area (Å²) in [5.41, 5.74) is 0.387. The summed E-state index contributed by atoms with van der Waals surface area (Å²) >= 11 is 6.06. The van der Waals surface area contributed by atoms with Crippen molar-refractivity contribution in [3.8, 4) is 0 Å². The number of fused-ring (bicyclic) bond motifs is 2. The van der Waals surface area contributed by atoms with Crippen molar-refractivity contribution in [2.75, 3.05) is 5.32 Å². The number of aryl methyl sites for hydroxylation is 1. The highest BCUT2D eigenvalue weighted by molar-refractivity contribution is 6.31. The Kier molecular flexibility index (Phi) is 4.45. The van der Waals surface area contributed by atoms with Gasteiger partial charge in [-0.05, 0) is 36.8 Å². The molecule has 0 bridgehead atoms. The Morgan fingerprint density at radius 2 is 2.00 bits per heavy atom. The van der Waals surface area contributed by atoms with E-state index >= 15 is 0 Å². The minimum atomic E-state index is -4.65. The Morgan fingerprint density at radius 3 is 2.71 bits per heavy atom. The number of hydrogen-bond donors (Lipinski definition) is 2. The van der Waals surface area contributed by atoms with Crippen LogP contribution >= 0.6 is 11.6 Å². The first kappa shape index (κ1) is 18.6. The van der Waals surface area contributed by atoms with Gasteiger partial charge in [-0.1, -0.05) is 18.5 Å². The zero-order valence-electron chi connectivity index (χ0n) is 14.7. The Hall–Kier alpha value is -2.74. The molecular weight excluding hydrogens is 396 g/mol. The van der Waals surface area contributed by atoms with Gasteiger partial charge in [0.25, 0.3) is 0 Å². The van der Waals surface area contributed by atoms with E-state index in [1.54, 1.807) is 22.9 Å². The number of hydrogen-bond acceptors (Lipinski definition) is 2. The molecule has 0 aliphatic rings. The maximum absolute atomic E-state index is 14.5. The van der Waals surface area contributed by atoms with E-state index in [0.717, 1.165) is 17.0 Å². The molecular formula is C19H15ClF4N4. The van der Waals surface area contributed by atoms with E-state index in [4.69, 9.17) is 11.6 Å². The Morgan fingerprint density at radius 1 is 1.21 bits per heavy atom. The standard InChI is InChI=1S/C19H15ClF4N4/c1-2-5-28-17-13(21)6-10(19(22,23)24)7-15(17)26-18(28)27-16-9-25-14-4-3-11(20)8-12(14)16/h3-4,6-9,25H,2,5H2,1H3,(H,26,27). The summed E-state index contributed by atoms with van der Waals surface area (Å²) in [5, 5.41) is 4.43. The number of H-pyrrole nitrogens is 1. The van der Waals surface area contributed by atoms with Crippen molar-refractivity contribution in [1.82, 2.24) is 14.5 Å². The monoisotopic (exact) mass is 410 g/mol. The molecule has 4 aromatic rings. The summed E-state index contributed by atoms with van der Waals surface area (Å²) in [4.78, 5) is 7.32. The Balaban J connectivity index is 1.86. The van der Waals surface area contributed by atoms with Crippen molar-refractivity contribution in [3.05, 3.63) is 52.9 Å². The number of aromatic nitrogens is 3. The number of nitrogens with zero attached hydrogens (tertiary/aromatic N) is 2. The molecule has 0 fully saturated rings. The largest absolute Gasteiger partial charge is 0.416 e. The molecule has 28 heavy (non-hydrogen) atoms. The maximum Gasteiger partial charge on any atom is 0.416 e. The molecule has 2 aromatic heterocycles. The summed E-state index contributed by atoms with van der Waals surface area (Å²) in [5.74, 6) is -0.697. The normalized spacial score (nSPS) is 12.2. The van der Waals surface area contributed by atoms with Crippen LogP contribution in [0.4, 0.5) is 29.2 Å². The van der Waals surface area contributed by atoms with Gasteiger partial charge in [0.15, 0.2) is 0 Å². The second-order valence-corrected chi connectivity index (χ2v) is 6.86. The lowest BCUT2D eigenvalue weighted by molar-refractivity contribution is -0.137. The molecule has 0 amide bonds. The Bertz CT molecular complexity index is 1180. The van der Waals surface area contributed by atoms with Crippen molar-refractivity contribution in [2.24, 2.45) is 0 Å². The molecule has 4 rings (SSSR count). The molecule has 0 radical (unpaired) electrons. The molecule has 0 unspecified atom stereocenters. The Labute approximate surface area is 162 Å². The topological polar surface area (TPSA) is 45.6 Å². The van der Waals surface area contributed by atoms with E-state index < -0.39 is 17.6 Å². The third kappa shape index (κ3) is 3.17. The summed E-state index contributed by atoms with van der Waals surface area (Å²) in [6.07, 6.45) is -2.29. The van der Waals surface area contributed by atoms with Crippen molar-refractivity contribution < 1.29 is 17.6 Å². The molecule has 0 aliphatic heterocycles. The van der Waals surface area contributed by atoms with Crippen LogP contribution in [0.2, 0.25) is 5.02 Å². The van der Waals surface area contributed by atoms with Gasteiger partial charge in [0.05, 0.1) is 16.8 Å². The van der Waals surface area contributed by atoms with E-state index in [1.807, 2.05) is 13.0 Å². The fraction of sp³-hybridized carbons (Fsp3) is 0.211. The fourth-order valence-corrected chi connectivity index (χ4v) is 3.41. The predicted octanol–water partition coefficient (Wildman–Crippen LogP) is 6.48. The highest BCUT2D eigenvalue weighted by Crippen LogP contribution is 2.35. The molecule has 0 spiro atoms. The first-order valence-corrected chi connectivity index (χ1v) is 8.96. The summed E-state index contributed by atoms with van der Waals surface area (Å²) in [7, 11) is 0. The predicted molar refractivity (Wildman–Crippen MR) is 102 cm³/mol. The quantitative estimate of drug-likeness (QED) is 0.378. The molecule has 9 heteroatoms. The van der Waals surface area contributed by atoms with Gasteiger partial charge in [-0.3, -0.25) is 0 Å². The molecule has 0 aliphatic carbocycles. The van der Waals surface area contributed by atoms with Crippen molar-refractivity contribution >= 4 is 45.2 Å². The van der Waals surface area contributed by atoms with Gasteiger partial charge in [0.2, 0.25) is 5.95 Å². The number of imidazole rings is 1. The van der Waals surface area contributed by atoms with Gasteiger partial charge in [0, 0.05) is 28.7 Å². The minimum absolute atomic E-state index is 0.0372. The van der Waals surface area contributed by atoms with Crippen LogP contribution in [0.3, 0.4) is 0 Å². The van der Waals surface area contributed by atoms with Crippen LogP contribution in [0.15, 0.2) is 36.5 Å². The zero-order chi connectivity index (χ0) is 20.1.